The maximum absolute atomic E-state index is 13.7. The second-order valence-corrected chi connectivity index (χ2v) is 10.8. The second kappa shape index (κ2) is 9.53. The van der Waals surface area contributed by atoms with E-state index in [0.29, 0.717) is 17.1 Å². The molecule has 0 unspecified atom stereocenters. The molecule has 31 heavy (non-hydrogen) atoms. The molecule has 1 aliphatic rings. The highest BCUT2D eigenvalue weighted by atomic mass is 32.2. The molecule has 1 saturated heterocycles. The van der Waals surface area contributed by atoms with Gasteiger partial charge in [-0.2, -0.15) is 0 Å². The normalized spacial score (nSPS) is 15.2. The van der Waals surface area contributed by atoms with Crippen LogP contribution in [0, 0.1) is 13.8 Å². The molecule has 0 bridgehead atoms. The average Bonchev–Trinajstić information content (AvgIpc) is 3.28. The molecule has 0 atom stereocenters. The van der Waals surface area contributed by atoms with E-state index in [1.807, 2.05) is 67.8 Å². The molecule has 0 aliphatic carbocycles. The lowest BCUT2D eigenvalue weighted by molar-refractivity contribution is 0.0342. The van der Waals surface area contributed by atoms with Crippen molar-refractivity contribution < 1.29 is 13.2 Å². The highest BCUT2D eigenvalue weighted by molar-refractivity contribution is 7.92. The fraction of sp³-hybridized carbons (Fsp3) is 0.333. The minimum absolute atomic E-state index is 0.316. The predicted molar refractivity (Wildman–Crippen MR) is 126 cm³/mol. The molecule has 0 spiro atoms. The zero-order valence-corrected chi connectivity index (χ0v) is 19.6. The van der Waals surface area contributed by atoms with E-state index in [9.17, 15) is 8.42 Å². The van der Waals surface area contributed by atoms with Crippen LogP contribution in [-0.2, 0) is 27.8 Å². The van der Waals surface area contributed by atoms with E-state index in [2.05, 4.69) is 4.90 Å². The van der Waals surface area contributed by atoms with E-state index >= 15 is 0 Å². The van der Waals surface area contributed by atoms with E-state index in [4.69, 9.17) is 4.74 Å². The summed E-state index contributed by atoms with van der Waals surface area (Å²) in [5.41, 5.74) is 3.54. The van der Waals surface area contributed by atoms with Crippen molar-refractivity contribution in [2.45, 2.75) is 31.8 Å². The van der Waals surface area contributed by atoms with E-state index in [0.717, 1.165) is 48.9 Å². The van der Waals surface area contributed by atoms with Crippen molar-refractivity contribution in [3.8, 4) is 0 Å². The number of anilines is 1. The lowest BCUT2D eigenvalue weighted by atomic mass is 10.2. The SMILES string of the molecule is Cc1ccc(C)c(S(=O)(=O)N(Cc2cccs2)c2ccc(CN3CCOCC3)cc2)c1. The highest BCUT2D eigenvalue weighted by Crippen LogP contribution is 2.29. The standard InChI is InChI=1S/C24H28N2O3S2/c1-19-5-6-20(2)24(16-19)31(27,28)26(18-23-4-3-15-30-23)22-9-7-21(8-10-22)17-25-11-13-29-14-12-25/h3-10,15-16H,11-14,17-18H2,1-2H3. The topological polar surface area (TPSA) is 49.9 Å². The first-order valence-corrected chi connectivity index (χ1v) is 12.8. The summed E-state index contributed by atoms with van der Waals surface area (Å²) in [5, 5.41) is 1.98. The van der Waals surface area contributed by atoms with Crippen molar-refractivity contribution in [2.75, 3.05) is 30.6 Å². The number of rotatable bonds is 7. The first-order valence-electron chi connectivity index (χ1n) is 10.4. The summed E-state index contributed by atoms with van der Waals surface area (Å²) < 4.78 is 34.4. The number of morpholine rings is 1. The van der Waals surface area contributed by atoms with Gasteiger partial charge in [-0.15, -0.1) is 11.3 Å². The van der Waals surface area contributed by atoms with Crippen LogP contribution in [-0.4, -0.2) is 39.6 Å². The fourth-order valence-electron chi connectivity index (χ4n) is 3.75. The summed E-state index contributed by atoms with van der Waals surface area (Å²) in [4.78, 5) is 3.72. The van der Waals surface area contributed by atoms with Gasteiger partial charge in [-0.1, -0.05) is 30.3 Å². The van der Waals surface area contributed by atoms with Crippen LogP contribution < -0.4 is 4.31 Å². The number of sulfonamides is 1. The summed E-state index contributed by atoms with van der Waals surface area (Å²) in [6.45, 7) is 8.31. The molecule has 2 aromatic carbocycles. The zero-order chi connectivity index (χ0) is 21.8. The molecule has 4 rings (SSSR count). The molecule has 1 aliphatic heterocycles. The third kappa shape index (κ3) is 5.18. The molecule has 1 aromatic heterocycles. The maximum atomic E-state index is 13.7. The molecule has 0 amide bonds. The van der Waals surface area contributed by atoms with Crippen molar-refractivity contribution in [2.24, 2.45) is 0 Å². The van der Waals surface area contributed by atoms with Gasteiger partial charge >= 0.3 is 0 Å². The summed E-state index contributed by atoms with van der Waals surface area (Å²) in [5.74, 6) is 0. The van der Waals surface area contributed by atoms with Gasteiger partial charge in [0.05, 0.1) is 30.3 Å². The zero-order valence-electron chi connectivity index (χ0n) is 18.0. The molecule has 0 N–H and O–H groups in total. The van der Waals surface area contributed by atoms with E-state index < -0.39 is 10.0 Å². The van der Waals surface area contributed by atoms with Gasteiger partial charge in [-0.3, -0.25) is 9.21 Å². The minimum Gasteiger partial charge on any atom is -0.379 e. The summed E-state index contributed by atoms with van der Waals surface area (Å²) in [6.07, 6.45) is 0. The summed E-state index contributed by atoms with van der Waals surface area (Å²) >= 11 is 1.57. The number of thiophene rings is 1. The van der Waals surface area contributed by atoms with Crippen molar-refractivity contribution in [1.82, 2.24) is 4.90 Å². The van der Waals surface area contributed by atoms with Crippen molar-refractivity contribution in [3.63, 3.8) is 0 Å². The Bertz CT molecular complexity index is 1100. The number of ether oxygens (including phenoxy) is 1. The molecule has 0 saturated carbocycles. The van der Waals surface area contributed by atoms with Crippen LogP contribution in [0.1, 0.15) is 21.6 Å². The maximum Gasteiger partial charge on any atom is 0.264 e. The van der Waals surface area contributed by atoms with Crippen molar-refractivity contribution in [1.29, 1.82) is 0 Å². The quantitative estimate of drug-likeness (QED) is 0.522. The molecule has 164 valence electrons. The fourth-order valence-corrected chi connectivity index (χ4v) is 6.28. The third-order valence-corrected chi connectivity index (χ3v) is 8.30. The van der Waals surface area contributed by atoms with E-state index in [1.165, 1.54) is 9.87 Å². The molecule has 2 heterocycles. The van der Waals surface area contributed by atoms with E-state index in [1.54, 1.807) is 17.4 Å². The Kier molecular flexibility index (Phi) is 6.77. The van der Waals surface area contributed by atoms with Crippen LogP contribution in [0.2, 0.25) is 0 Å². The summed E-state index contributed by atoms with van der Waals surface area (Å²) in [6, 6.07) is 17.4. The first-order chi connectivity index (χ1) is 14.9. The third-order valence-electron chi connectivity index (χ3n) is 5.53. The molecule has 7 heteroatoms. The van der Waals surface area contributed by atoms with Crippen molar-refractivity contribution >= 4 is 27.0 Å². The van der Waals surface area contributed by atoms with Gasteiger partial charge in [0.2, 0.25) is 0 Å². The Morgan fingerprint density at radius 1 is 1.03 bits per heavy atom. The average molecular weight is 457 g/mol. The van der Waals surface area contributed by atoms with Gasteiger partial charge in [-0.25, -0.2) is 8.42 Å². The van der Waals surface area contributed by atoms with Crippen LogP contribution in [0.25, 0.3) is 0 Å². The van der Waals surface area contributed by atoms with Crippen LogP contribution in [0.3, 0.4) is 0 Å². The number of benzene rings is 2. The minimum atomic E-state index is -3.71. The van der Waals surface area contributed by atoms with Gasteiger partial charge in [-0.05, 0) is 60.2 Å². The smallest absolute Gasteiger partial charge is 0.264 e. The van der Waals surface area contributed by atoms with Crippen LogP contribution in [0.5, 0.6) is 0 Å². The predicted octanol–water partition coefficient (Wildman–Crippen LogP) is 4.59. The van der Waals surface area contributed by atoms with Crippen LogP contribution in [0.4, 0.5) is 5.69 Å². The van der Waals surface area contributed by atoms with Gasteiger partial charge in [0.25, 0.3) is 10.0 Å². The van der Waals surface area contributed by atoms with Crippen molar-refractivity contribution in [3.05, 3.63) is 81.5 Å². The number of hydrogen-bond donors (Lipinski definition) is 0. The molecular formula is C24H28N2O3S2. The second-order valence-electron chi connectivity index (χ2n) is 7.91. The van der Waals surface area contributed by atoms with Crippen LogP contribution in [0.15, 0.2) is 64.9 Å². The summed E-state index contributed by atoms with van der Waals surface area (Å²) in [7, 11) is -3.71. The molecule has 0 radical (unpaired) electrons. The molecule has 1 fully saturated rings. The Hall–Kier alpha value is -2.19. The Morgan fingerprint density at radius 3 is 2.45 bits per heavy atom. The number of aryl methyl sites for hydroxylation is 2. The molecule has 5 nitrogen and oxygen atoms in total. The van der Waals surface area contributed by atoms with Crippen LogP contribution >= 0.6 is 11.3 Å². The lowest BCUT2D eigenvalue weighted by Gasteiger charge is -2.27. The Morgan fingerprint density at radius 2 is 1.77 bits per heavy atom. The number of hydrogen-bond acceptors (Lipinski definition) is 5. The highest BCUT2D eigenvalue weighted by Gasteiger charge is 2.27. The van der Waals surface area contributed by atoms with Gasteiger partial charge in [0.1, 0.15) is 0 Å². The largest absolute Gasteiger partial charge is 0.379 e. The van der Waals surface area contributed by atoms with Gasteiger partial charge < -0.3 is 4.74 Å². The first kappa shape index (κ1) is 22.0. The number of nitrogens with zero attached hydrogens (tertiary/aromatic N) is 2. The van der Waals surface area contributed by atoms with Gasteiger partial charge in [0.15, 0.2) is 0 Å². The Labute approximate surface area is 188 Å². The Balaban J connectivity index is 1.65. The van der Waals surface area contributed by atoms with Gasteiger partial charge in [0, 0.05) is 24.5 Å². The molecular weight excluding hydrogens is 428 g/mol. The monoisotopic (exact) mass is 456 g/mol. The molecule has 3 aromatic rings. The van der Waals surface area contributed by atoms with E-state index in [-0.39, 0.29) is 0 Å². The lowest BCUT2D eigenvalue weighted by Crippen LogP contribution is -2.35.